The van der Waals surface area contributed by atoms with Gasteiger partial charge in [0.2, 0.25) is 6.29 Å². The van der Waals surface area contributed by atoms with Gasteiger partial charge in [-0.05, 0) is 70.8 Å². The van der Waals surface area contributed by atoms with Crippen LogP contribution in [0.4, 0.5) is 0 Å². The summed E-state index contributed by atoms with van der Waals surface area (Å²) in [5.74, 6) is 0. The van der Waals surface area contributed by atoms with E-state index >= 15 is 0 Å². The van der Waals surface area contributed by atoms with Crippen LogP contribution >= 0.6 is 11.3 Å². The molecule has 3 N–H and O–H groups in total. The Hall–Kier alpha value is -6.92. The lowest BCUT2D eigenvalue weighted by Crippen LogP contribution is -2.80. The first-order chi connectivity index (χ1) is 27.7. The Labute approximate surface area is 327 Å². The molecule has 1 aliphatic heterocycles. The van der Waals surface area contributed by atoms with Crippen LogP contribution in [-0.2, 0) is 0 Å². The third kappa shape index (κ3) is 4.82. The molecule has 4 heterocycles. The largest absolute Gasteiger partial charge is 0.312 e. The molecule has 0 aliphatic carbocycles. The standard InChI is InChI=1S/C51H34N4S/c1-2-10-37(11-3-1)54-45-15-7-4-12-38(45)40-25-22-34(28-47(40)54)35-23-26-41-39-13-5-8-16-46(39)55(48(41)29-35)51-52-31-44(53-51)33-20-18-32(19-21-33)36-24-27-43-42-14-6-9-17-49(42)56-50(43)30-36/h1-31,51-53H/p+1. The van der Waals surface area contributed by atoms with E-state index in [-0.39, 0.29) is 6.29 Å². The van der Waals surface area contributed by atoms with E-state index < -0.39 is 0 Å². The van der Waals surface area contributed by atoms with Crippen LogP contribution in [-0.4, -0.2) is 9.13 Å². The smallest absolute Gasteiger partial charge is 0.249 e. The summed E-state index contributed by atoms with van der Waals surface area (Å²) in [7, 11) is 0. The molecule has 11 aromatic rings. The van der Waals surface area contributed by atoms with Gasteiger partial charge in [0.15, 0.2) is 0 Å². The molecule has 1 atom stereocenters. The summed E-state index contributed by atoms with van der Waals surface area (Å²) in [5, 5.41) is 13.9. The maximum absolute atomic E-state index is 3.88. The van der Waals surface area contributed by atoms with Crippen LogP contribution in [0.25, 0.3) is 97.4 Å². The Kier molecular flexibility index (Phi) is 6.90. The normalized spacial score (nSPS) is 14.4. The van der Waals surface area contributed by atoms with Gasteiger partial charge in [-0.1, -0.05) is 133 Å². The van der Waals surface area contributed by atoms with E-state index in [2.05, 4.69) is 208 Å². The predicted molar refractivity (Wildman–Crippen MR) is 236 cm³/mol. The van der Waals surface area contributed by atoms with E-state index in [0.29, 0.717) is 0 Å². The molecule has 0 radical (unpaired) electrons. The second-order valence-corrected chi connectivity index (χ2v) is 15.9. The minimum Gasteiger partial charge on any atom is -0.312 e. The van der Waals surface area contributed by atoms with Crippen molar-refractivity contribution in [3.63, 3.8) is 0 Å². The zero-order chi connectivity index (χ0) is 36.7. The number of nitrogens with two attached hydrogens (primary N) is 1. The molecule has 1 aliphatic rings. The number of thiophene rings is 1. The molecule has 0 fully saturated rings. The second-order valence-electron chi connectivity index (χ2n) is 14.8. The number of quaternary nitrogens is 1. The van der Waals surface area contributed by atoms with Crippen LogP contribution in [0.1, 0.15) is 11.9 Å². The van der Waals surface area contributed by atoms with Gasteiger partial charge in [0.05, 0.1) is 22.1 Å². The summed E-state index contributed by atoms with van der Waals surface area (Å²) >= 11 is 1.87. The first-order valence-electron chi connectivity index (χ1n) is 19.2. The molecule has 5 heteroatoms. The molecule has 264 valence electrons. The Balaban J connectivity index is 0.897. The molecule has 0 bridgehead atoms. The number of fused-ring (bicyclic) bond motifs is 9. The quantitative estimate of drug-likeness (QED) is 0.181. The zero-order valence-corrected chi connectivity index (χ0v) is 31.2. The summed E-state index contributed by atoms with van der Waals surface area (Å²) in [6.07, 6.45) is 2.21. The van der Waals surface area contributed by atoms with E-state index in [1.54, 1.807) is 0 Å². The van der Waals surface area contributed by atoms with Gasteiger partial charge in [-0.25, -0.2) is 0 Å². The molecule has 0 spiro atoms. The van der Waals surface area contributed by atoms with Crippen molar-refractivity contribution >= 4 is 80.8 Å². The summed E-state index contributed by atoms with van der Waals surface area (Å²) in [5.41, 5.74) is 13.2. The fourth-order valence-corrected chi connectivity index (χ4v) is 10.2. The van der Waals surface area contributed by atoms with Gasteiger partial charge in [-0.3, -0.25) is 9.88 Å². The molecular weight excluding hydrogens is 701 g/mol. The molecular formula is C51H35N4S+. The average Bonchev–Trinajstić information content (AvgIpc) is 4.04. The fourth-order valence-electron chi connectivity index (χ4n) is 9.01. The van der Waals surface area contributed by atoms with Crippen LogP contribution in [0.3, 0.4) is 0 Å². The number of aromatic nitrogens is 2. The molecule has 0 saturated heterocycles. The SMILES string of the molecule is C1=C(c2ccc(-c3ccc4c(c3)sc3ccccc34)cc2)NC(n2c3ccccc3c3ccc(-c4ccc5c6ccccc6n(-c6ccccc6)c5c4)cc32)[NH2+]1. The second kappa shape index (κ2) is 12.3. The Bertz CT molecular complexity index is 3360. The third-order valence-electron chi connectivity index (χ3n) is 11.7. The molecule has 3 aromatic heterocycles. The van der Waals surface area contributed by atoms with E-state index in [0.717, 1.165) is 5.70 Å². The van der Waals surface area contributed by atoms with Crippen molar-refractivity contribution in [3.8, 4) is 27.9 Å². The Morgan fingerprint density at radius 1 is 0.411 bits per heavy atom. The molecule has 4 nitrogen and oxygen atoms in total. The van der Waals surface area contributed by atoms with E-state index in [1.807, 2.05) is 11.3 Å². The molecule has 8 aromatic carbocycles. The number of nitrogens with one attached hydrogen (secondary N) is 1. The van der Waals surface area contributed by atoms with Gasteiger partial charge < -0.3 is 9.88 Å². The summed E-state index contributed by atoms with van der Waals surface area (Å²) in [4.78, 5) is 0. The Morgan fingerprint density at radius 3 is 1.73 bits per heavy atom. The summed E-state index contributed by atoms with van der Waals surface area (Å²) < 4.78 is 7.52. The lowest BCUT2D eigenvalue weighted by atomic mass is 10.0. The van der Waals surface area contributed by atoms with Crippen molar-refractivity contribution in [2.45, 2.75) is 6.29 Å². The van der Waals surface area contributed by atoms with Gasteiger partial charge in [0.1, 0.15) is 11.9 Å². The maximum Gasteiger partial charge on any atom is 0.249 e. The molecule has 0 amide bonds. The maximum atomic E-state index is 3.88. The average molecular weight is 736 g/mol. The van der Waals surface area contributed by atoms with Crippen LogP contribution in [0.2, 0.25) is 0 Å². The van der Waals surface area contributed by atoms with Crippen molar-refractivity contribution in [2.24, 2.45) is 0 Å². The van der Waals surface area contributed by atoms with Crippen LogP contribution in [0.5, 0.6) is 0 Å². The topological polar surface area (TPSA) is 38.5 Å². The van der Waals surface area contributed by atoms with E-state index in [9.17, 15) is 0 Å². The first kappa shape index (κ1) is 31.4. The lowest BCUT2D eigenvalue weighted by molar-refractivity contribution is -0.643. The van der Waals surface area contributed by atoms with Crippen molar-refractivity contribution < 1.29 is 5.32 Å². The van der Waals surface area contributed by atoms with Crippen LogP contribution < -0.4 is 10.6 Å². The predicted octanol–water partition coefficient (Wildman–Crippen LogP) is 12.2. The monoisotopic (exact) mass is 735 g/mol. The summed E-state index contributed by atoms with van der Waals surface area (Å²) in [6, 6.07) is 66.6. The molecule has 1 unspecified atom stereocenters. The zero-order valence-electron chi connectivity index (χ0n) is 30.4. The van der Waals surface area contributed by atoms with Crippen molar-refractivity contribution in [3.05, 3.63) is 194 Å². The van der Waals surface area contributed by atoms with Crippen molar-refractivity contribution in [1.82, 2.24) is 14.5 Å². The third-order valence-corrected chi connectivity index (χ3v) is 12.8. The van der Waals surface area contributed by atoms with Crippen LogP contribution in [0.15, 0.2) is 188 Å². The highest BCUT2D eigenvalue weighted by atomic mass is 32.1. The summed E-state index contributed by atoms with van der Waals surface area (Å²) in [6.45, 7) is 0. The highest BCUT2D eigenvalue weighted by molar-refractivity contribution is 7.25. The highest BCUT2D eigenvalue weighted by Crippen LogP contribution is 2.39. The number of benzene rings is 8. The number of hydrogen-bond acceptors (Lipinski definition) is 2. The van der Waals surface area contributed by atoms with Gasteiger partial charge in [0, 0.05) is 53.0 Å². The van der Waals surface area contributed by atoms with Gasteiger partial charge in [-0.2, -0.15) is 0 Å². The Morgan fingerprint density at radius 2 is 0.946 bits per heavy atom. The highest BCUT2D eigenvalue weighted by Gasteiger charge is 2.26. The number of para-hydroxylation sites is 3. The number of hydrogen-bond donors (Lipinski definition) is 2. The number of rotatable bonds is 5. The van der Waals surface area contributed by atoms with Gasteiger partial charge in [-0.15, -0.1) is 11.3 Å². The molecule has 12 rings (SSSR count). The molecule has 56 heavy (non-hydrogen) atoms. The van der Waals surface area contributed by atoms with Crippen molar-refractivity contribution in [2.75, 3.05) is 0 Å². The fraction of sp³-hybridized carbons (Fsp3) is 0.0196. The van der Waals surface area contributed by atoms with Crippen molar-refractivity contribution in [1.29, 1.82) is 0 Å². The molecule has 0 saturated carbocycles. The van der Waals surface area contributed by atoms with Crippen LogP contribution in [0, 0.1) is 0 Å². The van der Waals surface area contributed by atoms with E-state index in [4.69, 9.17) is 0 Å². The van der Waals surface area contributed by atoms with Gasteiger partial charge >= 0.3 is 0 Å². The first-order valence-corrected chi connectivity index (χ1v) is 20.0. The van der Waals surface area contributed by atoms with E-state index in [1.165, 1.54) is 97.3 Å². The number of nitrogens with zero attached hydrogens (tertiary/aromatic N) is 2. The van der Waals surface area contributed by atoms with Gasteiger partial charge in [0.25, 0.3) is 0 Å². The minimum atomic E-state index is -0.0270. The minimum absolute atomic E-state index is 0.0270. The lowest BCUT2D eigenvalue weighted by Gasteiger charge is -2.16.